The van der Waals surface area contributed by atoms with Crippen LogP contribution in [-0.4, -0.2) is 9.97 Å². The number of hydrogen-bond donors (Lipinski definition) is 0. The average molecular weight is 275 g/mol. The van der Waals surface area contributed by atoms with Crippen LogP contribution in [0.3, 0.4) is 0 Å². The quantitative estimate of drug-likeness (QED) is 0.735. The molecule has 0 amide bonds. The third kappa shape index (κ3) is 2.67. The maximum Gasteiger partial charge on any atom is 0.137 e. The highest BCUT2D eigenvalue weighted by Crippen LogP contribution is 2.19. The molecule has 1 aromatic heterocycles. The molecule has 0 spiro atoms. The van der Waals surface area contributed by atoms with Crippen molar-refractivity contribution in [2.24, 2.45) is 0 Å². The van der Waals surface area contributed by atoms with Crippen molar-refractivity contribution in [3.05, 3.63) is 65.5 Å². The Morgan fingerprint density at radius 3 is 2.43 bits per heavy atom. The van der Waals surface area contributed by atoms with Crippen LogP contribution in [0.4, 0.5) is 0 Å². The minimum absolute atomic E-state index is 0.294. The topological polar surface area (TPSA) is 58.8 Å². The fourth-order valence-electron chi connectivity index (χ4n) is 2.09. The van der Waals surface area contributed by atoms with E-state index < -0.39 is 0 Å². The number of benzene rings is 2. The van der Waals surface area contributed by atoms with Gasteiger partial charge in [0.1, 0.15) is 18.4 Å². The Kier molecular flexibility index (Phi) is 3.48. The summed E-state index contributed by atoms with van der Waals surface area (Å²) in [6, 6.07) is 17.0. The molecule has 4 nitrogen and oxygen atoms in total. The molecule has 0 saturated carbocycles. The van der Waals surface area contributed by atoms with Crippen molar-refractivity contribution in [2.45, 2.75) is 13.5 Å². The predicted octanol–water partition coefficient (Wildman–Crippen LogP) is 3.39. The monoisotopic (exact) mass is 275 g/mol. The normalized spacial score (nSPS) is 10.3. The summed E-state index contributed by atoms with van der Waals surface area (Å²) < 4.78 is 5.72. The van der Waals surface area contributed by atoms with E-state index in [0.29, 0.717) is 17.9 Å². The maximum atomic E-state index is 9.05. The second-order valence-electron chi connectivity index (χ2n) is 4.64. The van der Waals surface area contributed by atoms with Crippen LogP contribution < -0.4 is 4.74 Å². The van der Waals surface area contributed by atoms with Gasteiger partial charge in [0.2, 0.25) is 0 Å². The second-order valence-corrected chi connectivity index (χ2v) is 4.64. The van der Waals surface area contributed by atoms with Crippen LogP contribution in [0.15, 0.2) is 48.5 Å². The molecule has 0 radical (unpaired) electrons. The van der Waals surface area contributed by atoms with Gasteiger partial charge >= 0.3 is 0 Å². The van der Waals surface area contributed by atoms with E-state index >= 15 is 0 Å². The third-order valence-electron chi connectivity index (χ3n) is 3.21. The van der Waals surface area contributed by atoms with E-state index in [1.807, 2.05) is 43.3 Å². The molecule has 0 aliphatic rings. The lowest BCUT2D eigenvalue weighted by Gasteiger charge is -2.09. The van der Waals surface area contributed by atoms with Crippen LogP contribution in [0, 0.1) is 18.3 Å². The first-order valence-corrected chi connectivity index (χ1v) is 6.62. The molecule has 2 aromatic carbocycles. The predicted molar refractivity (Wildman–Crippen MR) is 79.8 cm³/mol. The molecule has 4 heteroatoms. The van der Waals surface area contributed by atoms with Crippen molar-refractivity contribution in [3.8, 4) is 11.8 Å². The van der Waals surface area contributed by atoms with Gasteiger partial charge in [-0.2, -0.15) is 5.26 Å². The smallest absolute Gasteiger partial charge is 0.137 e. The highest BCUT2D eigenvalue weighted by atomic mass is 16.5. The van der Waals surface area contributed by atoms with Crippen molar-refractivity contribution < 1.29 is 4.74 Å². The second kappa shape index (κ2) is 5.59. The molecule has 0 N–H and O–H groups in total. The van der Waals surface area contributed by atoms with Gasteiger partial charge < -0.3 is 4.74 Å². The van der Waals surface area contributed by atoms with E-state index in [4.69, 9.17) is 10.00 Å². The zero-order valence-corrected chi connectivity index (χ0v) is 11.6. The molecule has 0 atom stereocenters. The van der Waals surface area contributed by atoms with Crippen LogP contribution >= 0.6 is 0 Å². The van der Waals surface area contributed by atoms with E-state index in [1.165, 1.54) is 0 Å². The number of hydrogen-bond acceptors (Lipinski definition) is 4. The van der Waals surface area contributed by atoms with Crippen LogP contribution in [0.2, 0.25) is 0 Å². The summed E-state index contributed by atoms with van der Waals surface area (Å²) in [6.45, 7) is 2.21. The first kappa shape index (κ1) is 13.1. The van der Waals surface area contributed by atoms with Gasteiger partial charge in [0.25, 0.3) is 0 Å². The maximum absolute atomic E-state index is 9.05. The highest BCUT2D eigenvalue weighted by Gasteiger charge is 2.07. The molecule has 3 aromatic rings. The molecular formula is C17H13N3O. The molecule has 1 heterocycles. The van der Waals surface area contributed by atoms with Crippen molar-refractivity contribution in [2.75, 3.05) is 0 Å². The summed E-state index contributed by atoms with van der Waals surface area (Å²) >= 11 is 0. The van der Waals surface area contributed by atoms with Gasteiger partial charge in [0.05, 0.1) is 28.0 Å². The van der Waals surface area contributed by atoms with Crippen LogP contribution in [0.5, 0.6) is 5.75 Å². The summed E-state index contributed by atoms with van der Waals surface area (Å²) in [5.74, 6) is 0.564. The van der Waals surface area contributed by atoms with Gasteiger partial charge in [-0.1, -0.05) is 24.3 Å². The Morgan fingerprint density at radius 1 is 1.00 bits per heavy atom. The molecular weight excluding hydrogens is 262 g/mol. The van der Waals surface area contributed by atoms with Crippen LogP contribution in [-0.2, 0) is 6.61 Å². The lowest BCUT2D eigenvalue weighted by atomic mass is 10.2. The fourth-order valence-corrected chi connectivity index (χ4v) is 2.09. The first-order valence-electron chi connectivity index (χ1n) is 6.62. The van der Waals surface area contributed by atoms with Gasteiger partial charge in [-0.3, -0.25) is 0 Å². The number of para-hydroxylation sites is 3. The Balaban J connectivity index is 1.88. The number of nitriles is 1. The molecule has 0 aliphatic heterocycles. The minimum atomic E-state index is 0.294. The van der Waals surface area contributed by atoms with E-state index in [-0.39, 0.29) is 0 Å². The molecule has 0 unspecified atom stereocenters. The van der Waals surface area contributed by atoms with Crippen molar-refractivity contribution in [1.82, 2.24) is 9.97 Å². The number of nitrogens with zero attached hydrogens (tertiary/aromatic N) is 3. The number of aromatic nitrogens is 2. The molecule has 21 heavy (non-hydrogen) atoms. The summed E-state index contributed by atoms with van der Waals surface area (Å²) in [7, 11) is 0. The Bertz CT molecular complexity index is 837. The van der Waals surface area contributed by atoms with Crippen molar-refractivity contribution in [3.63, 3.8) is 0 Å². The largest absolute Gasteiger partial charge is 0.486 e. The van der Waals surface area contributed by atoms with Crippen LogP contribution in [0.1, 0.15) is 17.0 Å². The van der Waals surface area contributed by atoms with Gasteiger partial charge in [-0.05, 0) is 31.2 Å². The molecule has 0 saturated heterocycles. The van der Waals surface area contributed by atoms with E-state index in [1.54, 1.807) is 12.1 Å². The Hall–Kier alpha value is -2.93. The van der Waals surface area contributed by atoms with E-state index in [9.17, 15) is 0 Å². The average Bonchev–Trinajstić information content (AvgIpc) is 2.53. The molecule has 3 rings (SSSR count). The number of rotatable bonds is 3. The zero-order chi connectivity index (χ0) is 14.7. The van der Waals surface area contributed by atoms with E-state index in [0.717, 1.165) is 22.4 Å². The summed E-state index contributed by atoms with van der Waals surface area (Å²) in [5, 5.41) is 9.05. The zero-order valence-electron chi connectivity index (χ0n) is 11.6. The summed E-state index contributed by atoms with van der Waals surface area (Å²) in [6.07, 6.45) is 0. The molecule has 0 aliphatic carbocycles. The summed E-state index contributed by atoms with van der Waals surface area (Å²) in [5.41, 5.74) is 3.85. The lowest BCUT2D eigenvalue weighted by Crippen LogP contribution is -2.04. The molecule has 102 valence electrons. The van der Waals surface area contributed by atoms with Crippen LogP contribution in [0.25, 0.3) is 11.0 Å². The van der Waals surface area contributed by atoms with E-state index in [2.05, 4.69) is 16.0 Å². The number of fused-ring (bicyclic) bond motifs is 1. The van der Waals surface area contributed by atoms with Crippen molar-refractivity contribution >= 4 is 11.0 Å². The van der Waals surface area contributed by atoms with Gasteiger partial charge in [-0.25, -0.2) is 9.97 Å². The van der Waals surface area contributed by atoms with Gasteiger partial charge in [0.15, 0.2) is 0 Å². The minimum Gasteiger partial charge on any atom is -0.486 e. The highest BCUT2D eigenvalue weighted by molar-refractivity contribution is 5.74. The Morgan fingerprint density at radius 2 is 1.67 bits per heavy atom. The first-order chi connectivity index (χ1) is 10.3. The third-order valence-corrected chi connectivity index (χ3v) is 3.21. The van der Waals surface area contributed by atoms with Crippen molar-refractivity contribution in [1.29, 1.82) is 5.26 Å². The molecule has 0 fully saturated rings. The standard InChI is InChI=1S/C17H13N3O/c1-12-16(20-15-8-4-3-7-14(15)19-12)11-21-17-9-5-2-6-13(17)10-18/h2-9H,11H2,1H3. The number of aryl methyl sites for hydroxylation is 1. The Labute approximate surface area is 122 Å². The number of ether oxygens (including phenoxy) is 1. The van der Waals surface area contributed by atoms with Gasteiger partial charge in [0, 0.05) is 0 Å². The lowest BCUT2D eigenvalue weighted by molar-refractivity contribution is 0.299. The SMILES string of the molecule is Cc1nc2ccccc2nc1COc1ccccc1C#N. The van der Waals surface area contributed by atoms with Gasteiger partial charge in [-0.15, -0.1) is 0 Å². The fraction of sp³-hybridized carbons (Fsp3) is 0.118. The summed E-state index contributed by atoms with van der Waals surface area (Å²) in [4.78, 5) is 9.10. The molecule has 0 bridgehead atoms.